The first kappa shape index (κ1) is 17.0. The van der Waals surface area contributed by atoms with Gasteiger partial charge in [-0.1, -0.05) is 36.4 Å². The second kappa shape index (κ2) is 7.86. The molecule has 6 nitrogen and oxygen atoms in total. The van der Waals surface area contributed by atoms with Crippen molar-refractivity contribution >= 4 is 17.4 Å². The van der Waals surface area contributed by atoms with E-state index in [1.54, 1.807) is 23.2 Å². The number of likely N-dealkylation sites (tertiary alicyclic amines) is 1. The quantitative estimate of drug-likeness (QED) is 0.708. The van der Waals surface area contributed by atoms with Crippen molar-refractivity contribution in [3.8, 4) is 5.88 Å². The maximum Gasteiger partial charge on any atom is 0.329 e. The number of rotatable bonds is 4. The minimum atomic E-state index is -0.0842. The van der Waals surface area contributed by atoms with E-state index < -0.39 is 0 Å². The van der Waals surface area contributed by atoms with Crippen molar-refractivity contribution in [1.82, 2.24) is 15.1 Å². The number of hydrogen-bond donors (Lipinski definition) is 0. The lowest BCUT2D eigenvalue weighted by Crippen LogP contribution is -2.40. The van der Waals surface area contributed by atoms with Gasteiger partial charge in [0, 0.05) is 25.2 Å². The van der Waals surface area contributed by atoms with Crippen molar-refractivity contribution < 1.29 is 9.53 Å². The Kier molecular flexibility index (Phi) is 4.96. The number of nitrogens with zero attached hydrogens (tertiary/aromatic N) is 4. The Morgan fingerprint density at radius 3 is 2.22 bits per heavy atom. The van der Waals surface area contributed by atoms with E-state index in [2.05, 4.69) is 10.2 Å². The molecule has 0 radical (unpaired) electrons. The number of aromatic nitrogens is 2. The van der Waals surface area contributed by atoms with Crippen LogP contribution in [0.1, 0.15) is 6.42 Å². The van der Waals surface area contributed by atoms with E-state index in [1.807, 2.05) is 65.6 Å². The summed E-state index contributed by atoms with van der Waals surface area (Å²) < 4.78 is 5.86. The van der Waals surface area contributed by atoms with Gasteiger partial charge in [0.05, 0.1) is 17.9 Å². The molecule has 2 aromatic carbocycles. The Morgan fingerprint density at radius 1 is 0.963 bits per heavy atom. The highest BCUT2D eigenvalue weighted by molar-refractivity contribution is 5.99. The van der Waals surface area contributed by atoms with Crippen LogP contribution in [0.15, 0.2) is 79.0 Å². The molecule has 1 aliphatic rings. The van der Waals surface area contributed by atoms with Crippen LogP contribution < -0.4 is 9.64 Å². The molecule has 0 aliphatic carbocycles. The molecule has 0 saturated carbocycles. The van der Waals surface area contributed by atoms with Crippen LogP contribution in [-0.2, 0) is 0 Å². The van der Waals surface area contributed by atoms with E-state index in [-0.39, 0.29) is 12.1 Å². The van der Waals surface area contributed by atoms with Crippen LogP contribution >= 0.6 is 0 Å². The highest BCUT2D eigenvalue weighted by Gasteiger charge is 2.32. The van der Waals surface area contributed by atoms with Gasteiger partial charge in [-0.15, -0.1) is 5.10 Å². The molecule has 1 saturated heterocycles. The Labute approximate surface area is 158 Å². The molecule has 1 atom stereocenters. The number of benzene rings is 2. The summed E-state index contributed by atoms with van der Waals surface area (Å²) in [5.41, 5.74) is 1.68. The Bertz CT molecular complexity index is 835. The molecule has 2 heterocycles. The molecule has 0 N–H and O–H groups in total. The molecule has 0 bridgehead atoms. The summed E-state index contributed by atoms with van der Waals surface area (Å²) in [7, 11) is 0. The van der Waals surface area contributed by atoms with Crippen LogP contribution in [0.25, 0.3) is 0 Å². The predicted octanol–water partition coefficient (Wildman–Crippen LogP) is 3.89. The minimum Gasteiger partial charge on any atom is -0.471 e. The van der Waals surface area contributed by atoms with E-state index in [4.69, 9.17) is 4.74 Å². The zero-order valence-electron chi connectivity index (χ0n) is 14.8. The zero-order valence-corrected chi connectivity index (χ0v) is 14.8. The fourth-order valence-corrected chi connectivity index (χ4v) is 3.18. The van der Waals surface area contributed by atoms with Crippen LogP contribution in [-0.4, -0.2) is 40.3 Å². The summed E-state index contributed by atoms with van der Waals surface area (Å²) >= 11 is 0. The molecule has 4 rings (SSSR count). The van der Waals surface area contributed by atoms with Crippen LogP contribution in [0, 0.1) is 0 Å². The number of carbonyl (C=O) groups is 1. The summed E-state index contributed by atoms with van der Waals surface area (Å²) in [5.74, 6) is 0.486. The van der Waals surface area contributed by atoms with Gasteiger partial charge in [0.25, 0.3) is 0 Å². The molecule has 0 spiro atoms. The summed E-state index contributed by atoms with van der Waals surface area (Å²) in [4.78, 5) is 16.9. The number of para-hydroxylation sites is 2. The molecule has 27 heavy (non-hydrogen) atoms. The second-order valence-corrected chi connectivity index (χ2v) is 6.33. The monoisotopic (exact) mass is 360 g/mol. The van der Waals surface area contributed by atoms with E-state index in [9.17, 15) is 4.79 Å². The van der Waals surface area contributed by atoms with Gasteiger partial charge in [-0.2, -0.15) is 5.10 Å². The third-order valence-corrected chi connectivity index (χ3v) is 4.47. The largest absolute Gasteiger partial charge is 0.471 e. The first-order valence-corrected chi connectivity index (χ1v) is 8.95. The molecule has 1 fully saturated rings. The lowest BCUT2D eigenvalue weighted by molar-refractivity contribution is 0.186. The Morgan fingerprint density at radius 2 is 1.63 bits per heavy atom. The van der Waals surface area contributed by atoms with Gasteiger partial charge in [-0.3, -0.25) is 4.90 Å². The fraction of sp³-hybridized carbons (Fsp3) is 0.190. The highest BCUT2D eigenvalue weighted by Crippen LogP contribution is 2.28. The first-order valence-electron chi connectivity index (χ1n) is 8.95. The number of urea groups is 1. The van der Waals surface area contributed by atoms with Crippen molar-refractivity contribution in [1.29, 1.82) is 0 Å². The number of carbonyl (C=O) groups excluding carboxylic acids is 1. The topological polar surface area (TPSA) is 58.6 Å². The SMILES string of the molecule is O=C(N1CCC(Oc2cccnn2)C1)N(c1ccccc1)c1ccccc1. The maximum atomic E-state index is 13.3. The molecule has 1 aromatic heterocycles. The predicted molar refractivity (Wildman–Crippen MR) is 103 cm³/mol. The van der Waals surface area contributed by atoms with E-state index >= 15 is 0 Å². The standard InChI is InChI=1S/C21H20N4O2/c26-21(24-15-13-19(16-24)27-20-12-7-14-22-23-20)25(17-8-3-1-4-9-17)18-10-5-2-6-11-18/h1-12,14,19H,13,15-16H2. The first-order chi connectivity index (χ1) is 13.3. The summed E-state index contributed by atoms with van der Waals surface area (Å²) in [6.07, 6.45) is 2.29. The van der Waals surface area contributed by atoms with Gasteiger partial charge in [-0.25, -0.2) is 4.79 Å². The van der Waals surface area contributed by atoms with Crippen molar-refractivity contribution in [2.75, 3.05) is 18.0 Å². The van der Waals surface area contributed by atoms with Crippen molar-refractivity contribution in [3.63, 3.8) is 0 Å². The van der Waals surface area contributed by atoms with Crippen LogP contribution in [0.5, 0.6) is 5.88 Å². The molecular weight excluding hydrogens is 340 g/mol. The fourth-order valence-electron chi connectivity index (χ4n) is 3.18. The van der Waals surface area contributed by atoms with E-state index in [0.29, 0.717) is 19.0 Å². The number of hydrogen-bond acceptors (Lipinski definition) is 4. The van der Waals surface area contributed by atoms with Crippen molar-refractivity contribution in [3.05, 3.63) is 79.0 Å². The molecule has 136 valence electrons. The third-order valence-electron chi connectivity index (χ3n) is 4.47. The lowest BCUT2D eigenvalue weighted by atomic mass is 10.2. The Hall–Kier alpha value is -3.41. The highest BCUT2D eigenvalue weighted by atomic mass is 16.5. The second-order valence-electron chi connectivity index (χ2n) is 6.33. The third kappa shape index (κ3) is 3.89. The summed E-state index contributed by atoms with van der Waals surface area (Å²) in [6.45, 7) is 1.16. The van der Waals surface area contributed by atoms with Gasteiger partial charge < -0.3 is 9.64 Å². The summed E-state index contributed by atoms with van der Waals surface area (Å²) in [5, 5.41) is 7.78. The number of anilines is 2. The van der Waals surface area contributed by atoms with E-state index in [0.717, 1.165) is 17.8 Å². The zero-order chi connectivity index (χ0) is 18.5. The number of ether oxygens (including phenoxy) is 1. The van der Waals surface area contributed by atoms with Crippen molar-refractivity contribution in [2.24, 2.45) is 0 Å². The van der Waals surface area contributed by atoms with Gasteiger partial charge in [0.2, 0.25) is 5.88 Å². The van der Waals surface area contributed by atoms with Crippen LogP contribution in [0.2, 0.25) is 0 Å². The molecule has 1 aliphatic heterocycles. The molecular formula is C21H20N4O2. The van der Waals surface area contributed by atoms with Gasteiger partial charge in [0.1, 0.15) is 6.10 Å². The average Bonchev–Trinajstić information content (AvgIpc) is 3.19. The normalized spacial score (nSPS) is 16.1. The van der Waals surface area contributed by atoms with Crippen LogP contribution in [0.4, 0.5) is 16.2 Å². The van der Waals surface area contributed by atoms with E-state index in [1.165, 1.54) is 0 Å². The van der Waals surface area contributed by atoms with Gasteiger partial charge >= 0.3 is 6.03 Å². The maximum absolute atomic E-state index is 13.3. The average molecular weight is 360 g/mol. The van der Waals surface area contributed by atoms with Crippen LogP contribution in [0.3, 0.4) is 0 Å². The van der Waals surface area contributed by atoms with Gasteiger partial charge in [0.15, 0.2) is 0 Å². The molecule has 3 aromatic rings. The number of amides is 2. The van der Waals surface area contributed by atoms with Gasteiger partial charge in [-0.05, 0) is 30.3 Å². The minimum absolute atomic E-state index is 0.0577. The molecule has 6 heteroatoms. The summed E-state index contributed by atoms with van der Waals surface area (Å²) in [6, 6.07) is 22.9. The van der Waals surface area contributed by atoms with Crippen molar-refractivity contribution in [2.45, 2.75) is 12.5 Å². The smallest absolute Gasteiger partial charge is 0.329 e. The molecule has 1 unspecified atom stereocenters. The Balaban J connectivity index is 1.52. The molecule has 2 amide bonds. The lowest BCUT2D eigenvalue weighted by Gasteiger charge is -2.28.